The van der Waals surface area contributed by atoms with E-state index in [4.69, 9.17) is 0 Å². The van der Waals surface area contributed by atoms with Crippen molar-refractivity contribution < 1.29 is 5.11 Å². The first-order valence-electron chi connectivity index (χ1n) is 5.37. The summed E-state index contributed by atoms with van der Waals surface area (Å²) in [7, 11) is 0. The van der Waals surface area contributed by atoms with E-state index in [1.807, 2.05) is 12.1 Å². The van der Waals surface area contributed by atoms with Crippen LogP contribution in [0.4, 0.5) is 5.69 Å². The molecule has 2 unspecified atom stereocenters. The fourth-order valence-electron chi connectivity index (χ4n) is 2.35. The van der Waals surface area contributed by atoms with Crippen molar-refractivity contribution >= 4 is 5.69 Å². The molecule has 1 fully saturated rings. The highest BCUT2D eigenvalue weighted by Gasteiger charge is 2.38. The van der Waals surface area contributed by atoms with Crippen LogP contribution < -0.4 is 5.32 Å². The topological polar surface area (TPSA) is 32.3 Å². The van der Waals surface area contributed by atoms with Gasteiger partial charge < -0.3 is 10.4 Å². The van der Waals surface area contributed by atoms with Crippen LogP contribution in [0.15, 0.2) is 24.3 Å². The van der Waals surface area contributed by atoms with Gasteiger partial charge in [0.05, 0.1) is 12.1 Å². The summed E-state index contributed by atoms with van der Waals surface area (Å²) >= 11 is 0. The van der Waals surface area contributed by atoms with Crippen molar-refractivity contribution in [3.8, 4) is 0 Å². The number of para-hydroxylation sites is 1. The second-order valence-electron chi connectivity index (χ2n) is 4.44. The van der Waals surface area contributed by atoms with Gasteiger partial charge in [0, 0.05) is 12.1 Å². The van der Waals surface area contributed by atoms with Crippen LogP contribution in [0.2, 0.25) is 0 Å². The maximum Gasteiger partial charge on any atom is 0.0784 e. The first-order chi connectivity index (χ1) is 6.84. The number of nitrogens with one attached hydrogen (secondary N) is 1. The summed E-state index contributed by atoms with van der Waals surface area (Å²) in [4.78, 5) is 0. The molecule has 1 aromatic carbocycles. The molecule has 0 bridgehead atoms. The average molecular weight is 189 g/mol. The van der Waals surface area contributed by atoms with Crippen LogP contribution in [0.5, 0.6) is 0 Å². The summed E-state index contributed by atoms with van der Waals surface area (Å²) < 4.78 is 0. The first-order valence-corrected chi connectivity index (χ1v) is 5.37. The van der Waals surface area contributed by atoms with E-state index in [9.17, 15) is 5.11 Å². The van der Waals surface area contributed by atoms with E-state index in [1.165, 1.54) is 24.1 Å². The van der Waals surface area contributed by atoms with Crippen LogP contribution in [0.25, 0.3) is 0 Å². The molecule has 2 heteroatoms. The Bertz CT molecular complexity index is 346. The molecule has 1 saturated carbocycles. The molecule has 1 aliphatic carbocycles. The number of hydrogen-bond donors (Lipinski definition) is 2. The predicted molar refractivity (Wildman–Crippen MR) is 56.3 cm³/mol. The lowest BCUT2D eigenvalue weighted by Gasteiger charge is -2.31. The van der Waals surface area contributed by atoms with Crippen LogP contribution >= 0.6 is 0 Å². The minimum absolute atomic E-state index is 0.197. The molecule has 0 spiro atoms. The third kappa shape index (κ3) is 1.30. The first kappa shape index (κ1) is 8.30. The van der Waals surface area contributed by atoms with Gasteiger partial charge in [0.25, 0.3) is 0 Å². The Kier molecular flexibility index (Phi) is 1.77. The van der Waals surface area contributed by atoms with E-state index in [-0.39, 0.29) is 6.10 Å². The van der Waals surface area contributed by atoms with Gasteiger partial charge in [-0.15, -0.1) is 0 Å². The van der Waals surface area contributed by atoms with Crippen LogP contribution in [0, 0.1) is 5.92 Å². The maximum atomic E-state index is 9.96. The number of fused-ring (bicyclic) bond motifs is 1. The summed E-state index contributed by atoms with van der Waals surface area (Å²) in [5.74, 6) is 0.707. The van der Waals surface area contributed by atoms with E-state index in [1.54, 1.807) is 0 Å². The quantitative estimate of drug-likeness (QED) is 0.706. The van der Waals surface area contributed by atoms with Gasteiger partial charge >= 0.3 is 0 Å². The number of rotatable bonds is 1. The number of aliphatic hydroxyl groups excluding tert-OH is 1. The standard InChI is InChI=1S/C12H15NO/c14-11-7-9-3-1-2-4-10(9)13-12(11)8-5-6-8/h1-4,8,11-14H,5-7H2. The SMILES string of the molecule is OC1Cc2ccccc2NC1C1CC1. The Morgan fingerprint density at radius 1 is 1.21 bits per heavy atom. The van der Waals surface area contributed by atoms with Crippen LogP contribution in [0.1, 0.15) is 18.4 Å². The van der Waals surface area contributed by atoms with Crippen molar-refractivity contribution in [1.29, 1.82) is 0 Å². The molecule has 1 aliphatic heterocycles. The van der Waals surface area contributed by atoms with Crippen molar-refractivity contribution in [3.05, 3.63) is 29.8 Å². The maximum absolute atomic E-state index is 9.96. The number of benzene rings is 1. The van der Waals surface area contributed by atoms with E-state index in [2.05, 4.69) is 17.4 Å². The van der Waals surface area contributed by atoms with Crippen molar-refractivity contribution in [2.24, 2.45) is 5.92 Å². The molecule has 2 atom stereocenters. The molecule has 0 saturated heterocycles. The Labute approximate surface area is 84.0 Å². The van der Waals surface area contributed by atoms with Gasteiger partial charge in [-0.25, -0.2) is 0 Å². The summed E-state index contributed by atoms with van der Waals surface area (Å²) in [6, 6.07) is 8.58. The Morgan fingerprint density at radius 3 is 2.79 bits per heavy atom. The number of anilines is 1. The van der Waals surface area contributed by atoms with Crippen LogP contribution in [-0.4, -0.2) is 17.3 Å². The van der Waals surface area contributed by atoms with Crippen LogP contribution in [0.3, 0.4) is 0 Å². The van der Waals surface area contributed by atoms with E-state index < -0.39 is 0 Å². The third-order valence-corrected chi connectivity index (χ3v) is 3.31. The molecule has 2 N–H and O–H groups in total. The Morgan fingerprint density at radius 2 is 2.00 bits per heavy atom. The predicted octanol–water partition coefficient (Wildman–Crippen LogP) is 1.79. The van der Waals surface area contributed by atoms with Crippen LogP contribution in [-0.2, 0) is 6.42 Å². The number of hydrogen-bond acceptors (Lipinski definition) is 2. The zero-order valence-corrected chi connectivity index (χ0v) is 8.11. The molecule has 14 heavy (non-hydrogen) atoms. The molecule has 0 amide bonds. The average Bonchev–Trinajstić information content (AvgIpc) is 3.00. The molecule has 74 valence electrons. The Hall–Kier alpha value is -1.02. The fourth-order valence-corrected chi connectivity index (χ4v) is 2.35. The molecular formula is C12H15NO. The third-order valence-electron chi connectivity index (χ3n) is 3.31. The lowest BCUT2D eigenvalue weighted by molar-refractivity contribution is 0.139. The summed E-state index contributed by atoms with van der Waals surface area (Å²) in [6.45, 7) is 0. The van der Waals surface area contributed by atoms with Gasteiger partial charge in [0.15, 0.2) is 0 Å². The number of aliphatic hydroxyl groups is 1. The summed E-state index contributed by atoms with van der Waals surface area (Å²) in [5.41, 5.74) is 2.46. The molecular weight excluding hydrogens is 174 g/mol. The van der Waals surface area contributed by atoms with Gasteiger partial charge in [0.2, 0.25) is 0 Å². The van der Waals surface area contributed by atoms with Crippen molar-refractivity contribution in [3.63, 3.8) is 0 Å². The minimum atomic E-state index is -0.197. The zero-order chi connectivity index (χ0) is 9.54. The normalized spacial score (nSPS) is 30.6. The highest BCUT2D eigenvalue weighted by atomic mass is 16.3. The zero-order valence-electron chi connectivity index (χ0n) is 8.11. The second kappa shape index (κ2) is 2.99. The molecule has 2 aliphatic rings. The summed E-state index contributed by atoms with van der Waals surface area (Å²) in [6.07, 6.45) is 3.16. The van der Waals surface area contributed by atoms with Gasteiger partial charge in [0.1, 0.15) is 0 Å². The highest BCUT2D eigenvalue weighted by Crippen LogP contribution is 2.39. The van der Waals surface area contributed by atoms with Gasteiger partial charge in [-0.2, -0.15) is 0 Å². The van der Waals surface area contributed by atoms with E-state index >= 15 is 0 Å². The molecule has 1 heterocycles. The molecule has 2 nitrogen and oxygen atoms in total. The van der Waals surface area contributed by atoms with Gasteiger partial charge in [-0.1, -0.05) is 18.2 Å². The van der Waals surface area contributed by atoms with E-state index in [0.717, 1.165) is 6.42 Å². The lowest BCUT2D eigenvalue weighted by Crippen LogP contribution is -2.40. The second-order valence-corrected chi connectivity index (χ2v) is 4.44. The lowest BCUT2D eigenvalue weighted by atomic mass is 9.93. The van der Waals surface area contributed by atoms with Gasteiger partial charge in [-0.3, -0.25) is 0 Å². The van der Waals surface area contributed by atoms with Crippen molar-refractivity contribution in [2.45, 2.75) is 31.4 Å². The monoisotopic (exact) mass is 189 g/mol. The smallest absolute Gasteiger partial charge is 0.0784 e. The van der Waals surface area contributed by atoms with Crippen molar-refractivity contribution in [1.82, 2.24) is 0 Å². The minimum Gasteiger partial charge on any atom is -0.391 e. The largest absolute Gasteiger partial charge is 0.391 e. The fraction of sp³-hybridized carbons (Fsp3) is 0.500. The molecule has 0 radical (unpaired) electrons. The highest BCUT2D eigenvalue weighted by molar-refractivity contribution is 5.54. The summed E-state index contributed by atoms with van der Waals surface area (Å²) in [5, 5.41) is 13.4. The molecule has 1 aromatic rings. The van der Waals surface area contributed by atoms with Gasteiger partial charge in [-0.05, 0) is 30.4 Å². The molecule has 0 aromatic heterocycles. The Balaban J connectivity index is 1.90. The molecule has 3 rings (SSSR count). The van der Waals surface area contributed by atoms with E-state index in [0.29, 0.717) is 12.0 Å². The van der Waals surface area contributed by atoms with Crippen molar-refractivity contribution in [2.75, 3.05) is 5.32 Å².